The molecule has 0 unspecified atom stereocenters. The highest BCUT2D eigenvalue weighted by Gasteiger charge is 2.46. The van der Waals surface area contributed by atoms with Crippen LogP contribution in [0.25, 0.3) is 0 Å². The van der Waals surface area contributed by atoms with E-state index in [1.54, 1.807) is 4.90 Å². The molecule has 1 amide bonds. The van der Waals surface area contributed by atoms with Gasteiger partial charge in [-0.2, -0.15) is 0 Å². The molecule has 0 aliphatic heterocycles. The summed E-state index contributed by atoms with van der Waals surface area (Å²) in [6.45, 7) is 2.59. The maximum absolute atomic E-state index is 12.4. The van der Waals surface area contributed by atoms with E-state index in [9.17, 15) is 9.90 Å². The zero-order chi connectivity index (χ0) is 14.3. The molecule has 3 atom stereocenters. The number of aliphatic hydroxyl groups excluding tert-OH is 1. The van der Waals surface area contributed by atoms with E-state index in [0.717, 1.165) is 19.3 Å². The number of likely N-dealkylation sites (N-methyl/N-ethyl adjacent to an activating group) is 1. The molecular formula is C17H23NO2. The molecule has 0 bridgehead atoms. The largest absolute Gasteiger partial charge is 0.391 e. The lowest BCUT2D eigenvalue weighted by molar-refractivity contribution is -0.132. The Hall–Kier alpha value is -1.35. The number of benzene rings is 1. The number of rotatable bonds is 5. The number of hydrogen-bond acceptors (Lipinski definition) is 2. The molecule has 20 heavy (non-hydrogen) atoms. The lowest BCUT2D eigenvalue weighted by Gasteiger charge is -2.21. The van der Waals surface area contributed by atoms with Gasteiger partial charge in [0.15, 0.2) is 0 Å². The Balaban J connectivity index is 1.58. The van der Waals surface area contributed by atoms with Gasteiger partial charge in [0.05, 0.1) is 6.10 Å². The van der Waals surface area contributed by atoms with Gasteiger partial charge in [-0.3, -0.25) is 4.79 Å². The summed E-state index contributed by atoms with van der Waals surface area (Å²) in [6, 6.07) is 8.32. The molecule has 3 heteroatoms. The maximum Gasteiger partial charge on any atom is 0.226 e. The second-order valence-corrected chi connectivity index (χ2v) is 6.43. The molecule has 2 fully saturated rings. The lowest BCUT2D eigenvalue weighted by atomic mass is 10.0. The van der Waals surface area contributed by atoms with E-state index in [-0.39, 0.29) is 17.9 Å². The van der Waals surface area contributed by atoms with Gasteiger partial charge in [-0.15, -0.1) is 0 Å². The van der Waals surface area contributed by atoms with Crippen molar-refractivity contribution in [2.75, 3.05) is 13.6 Å². The van der Waals surface area contributed by atoms with Gasteiger partial charge >= 0.3 is 0 Å². The molecule has 0 spiro atoms. The molecule has 1 aromatic carbocycles. The van der Waals surface area contributed by atoms with Gasteiger partial charge in [-0.05, 0) is 49.1 Å². The Morgan fingerprint density at radius 2 is 2.10 bits per heavy atom. The minimum absolute atomic E-state index is 0.118. The first-order valence-corrected chi connectivity index (χ1v) is 7.56. The summed E-state index contributed by atoms with van der Waals surface area (Å²) >= 11 is 0. The maximum atomic E-state index is 12.4. The minimum atomic E-state index is -0.334. The summed E-state index contributed by atoms with van der Waals surface area (Å²) < 4.78 is 0. The summed E-state index contributed by atoms with van der Waals surface area (Å²) in [5.74, 6) is 1.12. The molecule has 3 rings (SSSR count). The van der Waals surface area contributed by atoms with Crippen LogP contribution in [0.5, 0.6) is 0 Å². The Bertz CT molecular complexity index is 509. The zero-order valence-electron chi connectivity index (χ0n) is 12.2. The molecule has 2 aliphatic rings. The highest BCUT2D eigenvalue weighted by Crippen LogP contribution is 2.49. The van der Waals surface area contributed by atoms with Gasteiger partial charge in [0, 0.05) is 19.5 Å². The fraction of sp³-hybridized carbons (Fsp3) is 0.588. The van der Waals surface area contributed by atoms with E-state index in [4.69, 9.17) is 0 Å². The van der Waals surface area contributed by atoms with Crippen molar-refractivity contribution in [2.24, 2.45) is 11.8 Å². The van der Waals surface area contributed by atoms with E-state index in [1.807, 2.05) is 19.2 Å². The first-order chi connectivity index (χ1) is 9.58. The average Bonchev–Trinajstić information content (AvgIpc) is 3.29. The van der Waals surface area contributed by atoms with Gasteiger partial charge in [0.2, 0.25) is 5.91 Å². The monoisotopic (exact) mass is 273 g/mol. The minimum Gasteiger partial charge on any atom is -0.391 e. The fourth-order valence-corrected chi connectivity index (χ4v) is 3.10. The first kappa shape index (κ1) is 13.6. The Labute approximate surface area is 120 Å². The van der Waals surface area contributed by atoms with Gasteiger partial charge < -0.3 is 10.0 Å². The number of amides is 1. The van der Waals surface area contributed by atoms with Crippen LogP contribution in [-0.2, 0) is 4.79 Å². The number of carbonyl (C=O) groups is 1. The quantitative estimate of drug-likeness (QED) is 0.894. The van der Waals surface area contributed by atoms with Crippen LogP contribution in [0.15, 0.2) is 24.3 Å². The number of nitrogens with zero attached hydrogens (tertiary/aromatic N) is 1. The Morgan fingerprint density at radius 1 is 1.40 bits per heavy atom. The van der Waals surface area contributed by atoms with E-state index < -0.39 is 0 Å². The van der Waals surface area contributed by atoms with Crippen molar-refractivity contribution in [3.8, 4) is 0 Å². The molecule has 0 saturated heterocycles. The average molecular weight is 273 g/mol. The van der Waals surface area contributed by atoms with Crippen LogP contribution in [0.1, 0.15) is 36.3 Å². The predicted molar refractivity (Wildman–Crippen MR) is 78.4 cm³/mol. The summed E-state index contributed by atoms with van der Waals surface area (Å²) in [5.41, 5.74) is 2.58. The van der Waals surface area contributed by atoms with Crippen LogP contribution < -0.4 is 0 Å². The van der Waals surface area contributed by atoms with Crippen molar-refractivity contribution < 1.29 is 9.90 Å². The number of carbonyl (C=O) groups excluding carboxylic acids is 1. The topological polar surface area (TPSA) is 40.5 Å². The second kappa shape index (κ2) is 5.21. The molecule has 0 aromatic heterocycles. The summed E-state index contributed by atoms with van der Waals surface area (Å²) in [4.78, 5) is 14.1. The summed E-state index contributed by atoms with van der Waals surface area (Å²) in [6.07, 6.45) is 2.84. The Kier molecular flexibility index (Phi) is 3.55. The number of aryl methyl sites for hydroxylation is 1. The van der Waals surface area contributed by atoms with E-state index in [2.05, 4.69) is 19.1 Å². The molecule has 0 radical (unpaired) electrons. The van der Waals surface area contributed by atoms with Crippen LogP contribution in [0, 0.1) is 18.8 Å². The normalized spacial score (nSPS) is 26.1. The van der Waals surface area contributed by atoms with Crippen molar-refractivity contribution in [2.45, 2.75) is 38.2 Å². The van der Waals surface area contributed by atoms with Gasteiger partial charge in [0.1, 0.15) is 0 Å². The van der Waals surface area contributed by atoms with Gasteiger partial charge in [-0.25, -0.2) is 0 Å². The highest BCUT2D eigenvalue weighted by molar-refractivity contribution is 5.83. The zero-order valence-corrected chi connectivity index (χ0v) is 12.2. The van der Waals surface area contributed by atoms with Crippen molar-refractivity contribution in [1.82, 2.24) is 4.90 Å². The SMILES string of the molecule is Cc1ccccc1[C@@H]1C[C@H]1C(=O)N(C)C[C@@H](O)C1CC1. The van der Waals surface area contributed by atoms with Gasteiger partial charge in [0.25, 0.3) is 0 Å². The third-order valence-electron chi connectivity index (χ3n) is 4.70. The molecule has 3 nitrogen and oxygen atoms in total. The standard InChI is InChI=1S/C17H23NO2/c1-11-5-3-4-6-13(11)14-9-15(14)17(20)18(2)10-16(19)12-7-8-12/h3-6,12,14-16,19H,7-10H2,1-2H3/t14-,15+,16+/m0/s1. The molecule has 1 N–H and O–H groups in total. The molecule has 2 saturated carbocycles. The van der Waals surface area contributed by atoms with Crippen LogP contribution in [-0.4, -0.2) is 35.6 Å². The fourth-order valence-electron chi connectivity index (χ4n) is 3.10. The predicted octanol–water partition coefficient (Wildman–Crippen LogP) is 2.33. The van der Waals surface area contributed by atoms with E-state index in [0.29, 0.717) is 18.4 Å². The lowest BCUT2D eigenvalue weighted by Crippen LogP contribution is -2.36. The number of hydrogen-bond donors (Lipinski definition) is 1. The van der Waals surface area contributed by atoms with Gasteiger partial charge in [-0.1, -0.05) is 24.3 Å². The first-order valence-electron chi connectivity index (χ1n) is 7.56. The van der Waals surface area contributed by atoms with Crippen molar-refractivity contribution in [1.29, 1.82) is 0 Å². The van der Waals surface area contributed by atoms with Crippen LogP contribution >= 0.6 is 0 Å². The third kappa shape index (κ3) is 2.73. The Morgan fingerprint density at radius 3 is 2.75 bits per heavy atom. The summed E-state index contributed by atoms with van der Waals surface area (Å²) in [7, 11) is 1.82. The van der Waals surface area contributed by atoms with Crippen LogP contribution in [0.2, 0.25) is 0 Å². The van der Waals surface area contributed by atoms with Crippen molar-refractivity contribution in [3.63, 3.8) is 0 Å². The molecule has 108 valence electrons. The second-order valence-electron chi connectivity index (χ2n) is 6.43. The smallest absolute Gasteiger partial charge is 0.226 e. The molecule has 1 aromatic rings. The van der Waals surface area contributed by atoms with Crippen molar-refractivity contribution >= 4 is 5.91 Å². The molecule has 2 aliphatic carbocycles. The highest BCUT2D eigenvalue weighted by atomic mass is 16.3. The molecular weight excluding hydrogens is 250 g/mol. The van der Waals surface area contributed by atoms with Crippen molar-refractivity contribution in [3.05, 3.63) is 35.4 Å². The van der Waals surface area contributed by atoms with E-state index in [1.165, 1.54) is 11.1 Å². The number of aliphatic hydroxyl groups is 1. The third-order valence-corrected chi connectivity index (χ3v) is 4.70. The summed E-state index contributed by atoms with van der Waals surface area (Å²) in [5, 5.41) is 9.94. The van der Waals surface area contributed by atoms with E-state index >= 15 is 0 Å². The van der Waals surface area contributed by atoms with Crippen LogP contribution in [0.3, 0.4) is 0 Å². The van der Waals surface area contributed by atoms with Crippen LogP contribution in [0.4, 0.5) is 0 Å². The molecule has 0 heterocycles.